The summed E-state index contributed by atoms with van der Waals surface area (Å²) in [4.78, 5) is 26.3. The van der Waals surface area contributed by atoms with Crippen LogP contribution in [0.1, 0.15) is 43.0 Å². The van der Waals surface area contributed by atoms with Crippen molar-refractivity contribution in [3.63, 3.8) is 0 Å². The van der Waals surface area contributed by atoms with Crippen molar-refractivity contribution in [3.05, 3.63) is 59.7 Å². The molecular formula is C21H21F2N3O6S. The van der Waals surface area contributed by atoms with Gasteiger partial charge in [-0.25, -0.2) is 18.1 Å². The number of pyridine rings is 1. The highest BCUT2D eigenvalue weighted by molar-refractivity contribution is 7.89. The maximum absolute atomic E-state index is 15.8. The minimum absolute atomic E-state index is 0.272. The molecule has 0 aliphatic carbocycles. The van der Waals surface area contributed by atoms with Gasteiger partial charge < -0.3 is 14.5 Å². The molecule has 12 heteroatoms. The number of hydrogen-bond donors (Lipinski definition) is 1. The smallest absolute Gasteiger partial charge is 0.407 e. The van der Waals surface area contributed by atoms with E-state index >= 15 is 4.39 Å². The number of carbonyl (C=O) groups excluding carboxylic acids is 2. The molecule has 1 amide bonds. The average molecular weight is 481 g/mol. The van der Waals surface area contributed by atoms with Crippen LogP contribution in [0.25, 0.3) is 11.3 Å². The van der Waals surface area contributed by atoms with Gasteiger partial charge in [0, 0.05) is 30.4 Å². The Morgan fingerprint density at radius 3 is 2.52 bits per heavy atom. The Morgan fingerprint density at radius 1 is 1.27 bits per heavy atom. The zero-order valence-electron chi connectivity index (χ0n) is 18.1. The zero-order chi connectivity index (χ0) is 24.6. The van der Waals surface area contributed by atoms with Gasteiger partial charge in [0.05, 0.1) is 5.56 Å². The molecule has 0 radical (unpaired) electrons. The van der Waals surface area contributed by atoms with Gasteiger partial charge in [-0.2, -0.15) is 12.8 Å². The number of amides is 1. The van der Waals surface area contributed by atoms with Crippen LogP contribution in [0.4, 0.5) is 13.6 Å². The largest absolute Gasteiger partial charge is 0.441 e. The second-order valence-electron chi connectivity index (χ2n) is 8.07. The maximum Gasteiger partial charge on any atom is 0.407 e. The normalized spacial score (nSPS) is 12.9. The highest BCUT2D eigenvalue weighted by Gasteiger charge is 2.38. The van der Waals surface area contributed by atoms with Crippen LogP contribution < -0.4 is 5.32 Å². The lowest BCUT2D eigenvalue weighted by molar-refractivity contribution is 0.0294. The topological polar surface area (TPSA) is 120 Å². The predicted octanol–water partition coefficient (Wildman–Crippen LogP) is 3.91. The fraction of sp³-hybridized carbons (Fsp3) is 0.286. The van der Waals surface area contributed by atoms with Gasteiger partial charge in [0.2, 0.25) is 11.0 Å². The number of nitrogens with one attached hydrogen (secondary N) is 1. The van der Waals surface area contributed by atoms with Crippen molar-refractivity contribution in [2.45, 2.75) is 32.0 Å². The van der Waals surface area contributed by atoms with Gasteiger partial charge in [-0.15, -0.1) is 0 Å². The minimum atomic E-state index is -4.64. The molecule has 3 rings (SSSR count). The number of rotatable bonds is 6. The van der Waals surface area contributed by atoms with Crippen LogP contribution in [0.5, 0.6) is 0 Å². The predicted molar refractivity (Wildman–Crippen MR) is 112 cm³/mol. The van der Waals surface area contributed by atoms with Gasteiger partial charge in [0.25, 0.3) is 0 Å². The Kier molecular flexibility index (Phi) is 6.41. The molecule has 3 aromatic rings. The summed E-state index contributed by atoms with van der Waals surface area (Å²) in [5.74, 6) is -2.52. The van der Waals surface area contributed by atoms with E-state index in [1.807, 2.05) is 0 Å². The molecule has 0 saturated carbocycles. The van der Waals surface area contributed by atoms with Gasteiger partial charge in [0.1, 0.15) is 11.8 Å². The highest BCUT2D eigenvalue weighted by atomic mass is 32.2. The number of aldehydes is 1. The molecule has 1 unspecified atom stereocenters. The van der Waals surface area contributed by atoms with Crippen molar-refractivity contribution in [1.82, 2.24) is 14.3 Å². The van der Waals surface area contributed by atoms with Crippen molar-refractivity contribution in [3.8, 4) is 11.3 Å². The van der Waals surface area contributed by atoms with Crippen molar-refractivity contribution in [2.75, 3.05) is 7.05 Å². The minimum Gasteiger partial charge on any atom is -0.441 e. The van der Waals surface area contributed by atoms with E-state index in [0.29, 0.717) is 10.3 Å². The molecule has 0 bridgehead atoms. The number of ether oxygens (including phenoxy) is 1. The number of hydrogen-bond acceptors (Lipinski definition) is 7. The van der Waals surface area contributed by atoms with E-state index in [1.54, 1.807) is 20.8 Å². The van der Waals surface area contributed by atoms with Crippen LogP contribution in [0, 0.1) is 17.2 Å². The Morgan fingerprint density at radius 2 is 1.97 bits per heavy atom. The zero-order valence-corrected chi connectivity index (χ0v) is 18.9. The fourth-order valence-corrected chi connectivity index (χ4v) is 4.47. The number of nitrogens with zero attached hydrogens (tertiary/aromatic N) is 2. The van der Waals surface area contributed by atoms with Gasteiger partial charge in [-0.3, -0.25) is 4.79 Å². The lowest BCUT2D eigenvalue weighted by Crippen LogP contribution is -2.29. The third-order valence-electron chi connectivity index (χ3n) is 4.68. The summed E-state index contributed by atoms with van der Waals surface area (Å²) < 4.78 is 67.8. The number of carbonyl (C=O) groups is 2. The Labute approximate surface area is 188 Å². The number of alkyl carbamates (subject to hydrolysis) is 1. The first kappa shape index (κ1) is 24.1. The van der Waals surface area contributed by atoms with Crippen molar-refractivity contribution >= 4 is 22.4 Å². The summed E-state index contributed by atoms with van der Waals surface area (Å²) in [5.41, 5.74) is -2.31. The lowest BCUT2D eigenvalue weighted by Gasteiger charge is -2.29. The molecular weight excluding hydrogens is 460 g/mol. The van der Waals surface area contributed by atoms with Gasteiger partial charge >= 0.3 is 16.1 Å². The first-order chi connectivity index (χ1) is 15.4. The molecule has 9 nitrogen and oxygen atoms in total. The number of halogens is 2. The Balaban J connectivity index is 2.34. The quantitative estimate of drug-likeness (QED) is 0.419. The molecule has 33 heavy (non-hydrogen) atoms. The summed E-state index contributed by atoms with van der Waals surface area (Å²) in [5, 5.41) is 1.59. The summed E-state index contributed by atoms with van der Waals surface area (Å²) in [7, 11) is -3.33. The van der Waals surface area contributed by atoms with E-state index in [0.717, 1.165) is 30.6 Å². The van der Waals surface area contributed by atoms with Gasteiger partial charge in [0.15, 0.2) is 17.9 Å². The molecule has 3 heterocycles. The molecule has 0 aliphatic rings. The van der Waals surface area contributed by atoms with Crippen LogP contribution in [-0.4, -0.2) is 36.8 Å². The maximum atomic E-state index is 15.8. The molecule has 3 aromatic heterocycles. The van der Waals surface area contributed by atoms with Crippen LogP contribution >= 0.6 is 0 Å². The highest BCUT2D eigenvalue weighted by Crippen LogP contribution is 2.42. The monoisotopic (exact) mass is 481 g/mol. The summed E-state index contributed by atoms with van der Waals surface area (Å²) in [6.07, 6.45) is 0.189. The van der Waals surface area contributed by atoms with E-state index in [-0.39, 0.29) is 11.3 Å². The van der Waals surface area contributed by atoms with Crippen LogP contribution in [-0.2, 0) is 14.8 Å². The molecule has 1 N–H and O–H groups in total. The Hall–Kier alpha value is -3.54. The lowest BCUT2D eigenvalue weighted by atomic mass is 9.85. The molecule has 176 valence electrons. The molecule has 0 saturated heterocycles. The van der Waals surface area contributed by atoms with Crippen LogP contribution in [0.2, 0.25) is 0 Å². The van der Waals surface area contributed by atoms with Crippen molar-refractivity contribution < 1.29 is 35.9 Å². The Bertz CT molecular complexity index is 1310. The molecule has 0 aromatic carbocycles. The molecule has 0 fully saturated rings. The average Bonchev–Trinajstić information content (AvgIpc) is 3.37. The summed E-state index contributed by atoms with van der Waals surface area (Å²) >= 11 is 0. The second kappa shape index (κ2) is 8.77. The van der Waals surface area contributed by atoms with E-state index in [9.17, 15) is 22.4 Å². The number of aromatic nitrogens is 2. The third-order valence-corrected chi connectivity index (χ3v) is 6.22. The standard InChI is InChI=1S/C21H21F2N3O6S/c1-21(2,3)18(32-20(28)24-4)14-10-26(33(29,30)15-8-7-12(11-27)31-15)17(16(14)22)13-6-5-9-25-19(13)23/h5-11,18H,1-4H3,(H,24,28). The summed E-state index contributed by atoms with van der Waals surface area (Å²) in [6, 6.07) is 4.60. The van der Waals surface area contributed by atoms with Crippen molar-refractivity contribution in [2.24, 2.45) is 5.41 Å². The van der Waals surface area contributed by atoms with Crippen molar-refractivity contribution in [1.29, 1.82) is 0 Å². The van der Waals surface area contributed by atoms with Gasteiger partial charge in [-0.05, 0) is 24.3 Å². The molecule has 0 spiro atoms. The SMILES string of the molecule is CNC(=O)OC(c1cn(S(=O)(=O)c2ccc(C=O)o2)c(-c2cccnc2F)c1F)C(C)(C)C. The van der Waals surface area contributed by atoms with E-state index in [4.69, 9.17) is 9.15 Å². The van der Waals surface area contributed by atoms with Crippen LogP contribution in [0.3, 0.4) is 0 Å². The van der Waals surface area contributed by atoms with Gasteiger partial charge in [-0.1, -0.05) is 20.8 Å². The van der Waals surface area contributed by atoms with Crippen LogP contribution in [0.15, 0.2) is 46.2 Å². The van der Waals surface area contributed by atoms with E-state index in [1.165, 1.54) is 13.1 Å². The van der Waals surface area contributed by atoms with E-state index in [2.05, 4.69) is 10.3 Å². The molecule has 0 aliphatic heterocycles. The fourth-order valence-electron chi connectivity index (χ4n) is 3.16. The second-order valence-corrected chi connectivity index (χ2v) is 9.81. The third kappa shape index (κ3) is 4.51. The first-order valence-corrected chi connectivity index (χ1v) is 11.1. The summed E-state index contributed by atoms with van der Waals surface area (Å²) in [6.45, 7) is 4.96. The first-order valence-electron chi connectivity index (χ1n) is 9.62. The number of furan rings is 1. The van der Waals surface area contributed by atoms with E-state index < -0.39 is 55.8 Å². The molecule has 1 atom stereocenters.